The van der Waals surface area contributed by atoms with Gasteiger partial charge in [0.05, 0.1) is 13.2 Å². The van der Waals surface area contributed by atoms with Gasteiger partial charge in [-0.25, -0.2) is 0 Å². The molecule has 1 aromatic rings. The molecule has 182 valence electrons. The van der Waals surface area contributed by atoms with Crippen LogP contribution in [0, 0.1) is 0 Å². The van der Waals surface area contributed by atoms with E-state index in [9.17, 15) is 4.79 Å². The lowest BCUT2D eigenvalue weighted by Crippen LogP contribution is -2.41. The predicted molar refractivity (Wildman–Crippen MR) is 144 cm³/mol. The highest BCUT2D eigenvalue weighted by Crippen LogP contribution is 2.11. The minimum absolute atomic E-state index is 0. The topological polar surface area (TPSA) is 78.0 Å². The quantitative estimate of drug-likeness (QED) is 0.156. The van der Waals surface area contributed by atoms with E-state index in [0.29, 0.717) is 19.0 Å². The molecule has 0 saturated carbocycles. The van der Waals surface area contributed by atoms with E-state index in [2.05, 4.69) is 45.8 Å². The van der Waals surface area contributed by atoms with Crippen LogP contribution in [0.15, 0.2) is 29.3 Å². The van der Waals surface area contributed by atoms with Crippen molar-refractivity contribution in [3.05, 3.63) is 29.8 Å². The van der Waals surface area contributed by atoms with Crippen LogP contribution in [0.4, 0.5) is 5.69 Å². The molecule has 0 bridgehead atoms. The van der Waals surface area contributed by atoms with Gasteiger partial charge in [0.15, 0.2) is 5.96 Å². The number of carbonyl (C=O) groups excluding carboxylic acids is 1. The zero-order valence-corrected chi connectivity index (χ0v) is 22.3. The second-order valence-electron chi connectivity index (χ2n) is 8.27. The highest BCUT2D eigenvalue weighted by atomic mass is 127. The Hall–Kier alpha value is -1.39. The number of morpholine rings is 1. The van der Waals surface area contributed by atoms with E-state index in [1.54, 1.807) is 7.05 Å². The number of guanidine groups is 1. The van der Waals surface area contributed by atoms with Crippen LogP contribution < -0.4 is 16.0 Å². The average Bonchev–Trinajstić information content (AvgIpc) is 2.79. The zero-order chi connectivity index (χ0) is 22.3. The number of aliphatic imine (C=N–C) groups is 1. The Bertz CT molecular complexity index is 680. The molecule has 0 aromatic heterocycles. The van der Waals surface area contributed by atoms with Crippen LogP contribution in [-0.2, 0) is 16.1 Å². The number of unbranched alkanes of at least 4 members (excludes halogenated alkanes) is 3. The van der Waals surface area contributed by atoms with E-state index < -0.39 is 0 Å². The van der Waals surface area contributed by atoms with Crippen LogP contribution >= 0.6 is 24.0 Å². The first-order valence-corrected chi connectivity index (χ1v) is 11.8. The molecule has 1 aliphatic heterocycles. The van der Waals surface area contributed by atoms with E-state index >= 15 is 0 Å². The van der Waals surface area contributed by atoms with Gasteiger partial charge in [-0.1, -0.05) is 44.7 Å². The number of halogens is 1. The summed E-state index contributed by atoms with van der Waals surface area (Å²) in [4.78, 5) is 18.9. The van der Waals surface area contributed by atoms with E-state index in [4.69, 9.17) is 4.74 Å². The maximum absolute atomic E-state index is 12.3. The molecule has 8 heteroatoms. The molecular formula is C24H42IN5O2. The van der Waals surface area contributed by atoms with Crippen LogP contribution in [0.25, 0.3) is 0 Å². The van der Waals surface area contributed by atoms with Gasteiger partial charge >= 0.3 is 0 Å². The van der Waals surface area contributed by atoms with Crippen molar-refractivity contribution in [1.29, 1.82) is 0 Å². The highest BCUT2D eigenvalue weighted by Gasteiger charge is 2.12. The van der Waals surface area contributed by atoms with Crippen molar-refractivity contribution in [2.24, 2.45) is 4.99 Å². The average molecular weight is 560 g/mol. The number of benzene rings is 1. The lowest BCUT2D eigenvalue weighted by Gasteiger charge is -2.26. The number of hydrogen-bond donors (Lipinski definition) is 3. The third-order valence-corrected chi connectivity index (χ3v) is 5.53. The normalized spacial score (nSPS) is 15.5. The monoisotopic (exact) mass is 559 g/mol. The molecule has 2 rings (SSSR count). The minimum atomic E-state index is 0. The molecule has 1 amide bonds. The smallest absolute Gasteiger partial charge is 0.225 e. The summed E-state index contributed by atoms with van der Waals surface area (Å²) in [6.45, 7) is 9.18. The van der Waals surface area contributed by atoms with Gasteiger partial charge in [0.25, 0.3) is 0 Å². The number of amides is 1. The second-order valence-corrected chi connectivity index (χ2v) is 8.27. The maximum Gasteiger partial charge on any atom is 0.225 e. The summed E-state index contributed by atoms with van der Waals surface area (Å²) in [6, 6.07) is 8.36. The van der Waals surface area contributed by atoms with Crippen molar-refractivity contribution >= 4 is 41.5 Å². The van der Waals surface area contributed by atoms with Crippen molar-refractivity contribution in [2.75, 3.05) is 45.2 Å². The fourth-order valence-corrected chi connectivity index (χ4v) is 3.63. The first-order chi connectivity index (χ1) is 15.1. The summed E-state index contributed by atoms with van der Waals surface area (Å²) in [5, 5.41) is 9.86. The summed E-state index contributed by atoms with van der Waals surface area (Å²) in [5.41, 5.74) is 1.93. The van der Waals surface area contributed by atoms with Crippen molar-refractivity contribution in [2.45, 2.75) is 65.0 Å². The molecule has 1 aliphatic rings. The van der Waals surface area contributed by atoms with E-state index in [1.807, 2.05) is 18.2 Å². The largest absolute Gasteiger partial charge is 0.379 e. The maximum atomic E-state index is 12.3. The van der Waals surface area contributed by atoms with Gasteiger partial charge in [-0.05, 0) is 31.0 Å². The molecule has 0 spiro atoms. The van der Waals surface area contributed by atoms with Gasteiger partial charge in [-0.2, -0.15) is 0 Å². The van der Waals surface area contributed by atoms with Gasteiger partial charge in [0.2, 0.25) is 5.91 Å². The number of hydrogen-bond acceptors (Lipinski definition) is 4. The molecule has 32 heavy (non-hydrogen) atoms. The Morgan fingerprint density at radius 1 is 1.22 bits per heavy atom. The molecule has 1 unspecified atom stereocenters. The van der Waals surface area contributed by atoms with Crippen molar-refractivity contribution in [3.8, 4) is 0 Å². The molecular weight excluding hydrogens is 517 g/mol. The fourth-order valence-electron chi connectivity index (χ4n) is 3.63. The highest BCUT2D eigenvalue weighted by molar-refractivity contribution is 14.0. The first kappa shape index (κ1) is 28.6. The van der Waals surface area contributed by atoms with Gasteiger partial charge in [-0.3, -0.25) is 14.7 Å². The molecule has 1 aromatic carbocycles. The Morgan fingerprint density at radius 2 is 2.00 bits per heavy atom. The van der Waals surface area contributed by atoms with Crippen molar-refractivity contribution < 1.29 is 9.53 Å². The number of anilines is 1. The summed E-state index contributed by atoms with van der Waals surface area (Å²) >= 11 is 0. The van der Waals surface area contributed by atoms with Gasteiger partial charge in [0.1, 0.15) is 0 Å². The second kappa shape index (κ2) is 17.1. The summed E-state index contributed by atoms with van der Waals surface area (Å²) in [6.07, 6.45) is 6.74. The molecule has 1 heterocycles. The Kier molecular flexibility index (Phi) is 15.3. The van der Waals surface area contributed by atoms with Crippen LogP contribution in [0.1, 0.15) is 57.9 Å². The standard InChI is InChI=1S/C24H41N5O2.HI/c1-4-5-6-7-9-20(2)27-24(25-3)26-19-21-10-8-11-22(18-21)28-23(30)12-13-29-14-16-31-17-15-29;/h8,10-11,18,20H,4-7,9,12-17,19H2,1-3H3,(H,28,30)(H2,25,26,27);1H. The summed E-state index contributed by atoms with van der Waals surface area (Å²) in [5.74, 6) is 0.855. The fraction of sp³-hybridized carbons (Fsp3) is 0.667. The molecule has 0 radical (unpaired) electrons. The van der Waals surface area contributed by atoms with Gasteiger partial charge in [-0.15, -0.1) is 24.0 Å². The lowest BCUT2D eigenvalue weighted by atomic mass is 10.1. The van der Waals surface area contributed by atoms with Gasteiger partial charge in [0, 0.05) is 51.4 Å². The summed E-state index contributed by atoms with van der Waals surface area (Å²) < 4.78 is 5.35. The zero-order valence-electron chi connectivity index (χ0n) is 20.0. The molecule has 0 aliphatic carbocycles. The molecule has 7 nitrogen and oxygen atoms in total. The third-order valence-electron chi connectivity index (χ3n) is 5.53. The molecule has 1 atom stereocenters. The van der Waals surface area contributed by atoms with Crippen LogP contribution in [0.3, 0.4) is 0 Å². The first-order valence-electron chi connectivity index (χ1n) is 11.8. The Balaban J connectivity index is 0.00000512. The van der Waals surface area contributed by atoms with Crippen LogP contribution in [0.2, 0.25) is 0 Å². The predicted octanol–water partition coefficient (Wildman–Crippen LogP) is 3.99. The van der Waals surface area contributed by atoms with Crippen LogP contribution in [-0.4, -0.2) is 62.7 Å². The number of nitrogens with zero attached hydrogens (tertiary/aromatic N) is 2. The molecule has 1 fully saturated rings. The van der Waals surface area contributed by atoms with Crippen LogP contribution in [0.5, 0.6) is 0 Å². The van der Waals surface area contributed by atoms with E-state index in [0.717, 1.165) is 56.5 Å². The number of ether oxygens (including phenoxy) is 1. The summed E-state index contributed by atoms with van der Waals surface area (Å²) in [7, 11) is 1.80. The number of nitrogens with one attached hydrogen (secondary N) is 3. The number of rotatable bonds is 12. The van der Waals surface area contributed by atoms with E-state index in [-0.39, 0.29) is 29.9 Å². The minimum Gasteiger partial charge on any atom is -0.379 e. The van der Waals surface area contributed by atoms with Crippen molar-refractivity contribution in [1.82, 2.24) is 15.5 Å². The molecule has 1 saturated heterocycles. The third kappa shape index (κ3) is 12.0. The number of carbonyl (C=O) groups is 1. The van der Waals surface area contributed by atoms with E-state index in [1.165, 1.54) is 25.7 Å². The van der Waals surface area contributed by atoms with Gasteiger partial charge < -0.3 is 20.7 Å². The lowest BCUT2D eigenvalue weighted by molar-refractivity contribution is -0.116. The Labute approximate surface area is 211 Å². The molecule has 3 N–H and O–H groups in total. The Morgan fingerprint density at radius 3 is 2.72 bits per heavy atom. The SMILES string of the molecule is CCCCCCC(C)NC(=NC)NCc1cccc(NC(=O)CCN2CCOCC2)c1.I. The van der Waals surface area contributed by atoms with Crippen molar-refractivity contribution in [3.63, 3.8) is 0 Å².